The van der Waals surface area contributed by atoms with E-state index >= 15 is 0 Å². The summed E-state index contributed by atoms with van der Waals surface area (Å²) < 4.78 is 0. The van der Waals surface area contributed by atoms with Gasteiger partial charge in [0.05, 0.1) is 0 Å². The molecule has 5 nitrogen and oxygen atoms in total. The van der Waals surface area contributed by atoms with E-state index in [1.165, 1.54) is 4.90 Å². The van der Waals surface area contributed by atoms with Gasteiger partial charge in [-0.1, -0.05) is 13.8 Å². The Kier molecular flexibility index (Phi) is 6.57. The second-order valence-corrected chi connectivity index (χ2v) is 7.02. The van der Waals surface area contributed by atoms with Crippen LogP contribution in [-0.4, -0.2) is 55.6 Å². The first-order valence-electron chi connectivity index (χ1n) is 8.11. The molecule has 2 amide bonds. The summed E-state index contributed by atoms with van der Waals surface area (Å²) in [5, 5.41) is 0. The predicted octanol–water partition coefficient (Wildman–Crippen LogP) is 1.81. The fraction of sp³-hybridized carbons (Fsp3) is 0.824. The van der Waals surface area contributed by atoms with Crippen molar-refractivity contribution in [3.05, 3.63) is 0 Å². The Morgan fingerprint density at radius 3 is 2.18 bits per heavy atom. The van der Waals surface area contributed by atoms with E-state index in [1.807, 2.05) is 6.92 Å². The minimum atomic E-state index is -0.374. The van der Waals surface area contributed by atoms with Crippen LogP contribution in [0.5, 0.6) is 0 Å². The van der Waals surface area contributed by atoms with Crippen LogP contribution in [0.3, 0.4) is 0 Å². The first kappa shape index (κ1) is 18.7. The van der Waals surface area contributed by atoms with Crippen LogP contribution in [0.2, 0.25) is 0 Å². The van der Waals surface area contributed by atoms with Gasteiger partial charge in [-0.05, 0) is 25.2 Å². The molecule has 5 heteroatoms. The molecule has 0 aromatic rings. The molecule has 1 fully saturated rings. The van der Waals surface area contributed by atoms with Crippen molar-refractivity contribution >= 4 is 17.6 Å². The van der Waals surface area contributed by atoms with Crippen molar-refractivity contribution in [2.45, 2.75) is 39.5 Å². The third-order valence-corrected chi connectivity index (χ3v) is 5.01. The van der Waals surface area contributed by atoms with Gasteiger partial charge in [0.1, 0.15) is 5.78 Å². The Morgan fingerprint density at radius 1 is 1.09 bits per heavy atom. The lowest BCUT2D eigenvalue weighted by Gasteiger charge is -2.35. The van der Waals surface area contributed by atoms with Crippen LogP contribution in [0.15, 0.2) is 0 Å². The van der Waals surface area contributed by atoms with Crippen molar-refractivity contribution in [3.63, 3.8) is 0 Å². The number of rotatable bonds is 5. The van der Waals surface area contributed by atoms with Crippen LogP contribution < -0.4 is 0 Å². The van der Waals surface area contributed by atoms with Crippen LogP contribution in [0.4, 0.5) is 0 Å². The van der Waals surface area contributed by atoms with Gasteiger partial charge in [-0.25, -0.2) is 0 Å². The van der Waals surface area contributed by atoms with Gasteiger partial charge in [-0.2, -0.15) is 0 Å². The molecule has 0 saturated heterocycles. The Morgan fingerprint density at radius 2 is 1.68 bits per heavy atom. The minimum Gasteiger partial charge on any atom is -0.349 e. The van der Waals surface area contributed by atoms with Gasteiger partial charge < -0.3 is 9.80 Å². The van der Waals surface area contributed by atoms with Crippen molar-refractivity contribution in [1.82, 2.24) is 9.80 Å². The third kappa shape index (κ3) is 4.31. The minimum absolute atomic E-state index is 0.000706. The summed E-state index contributed by atoms with van der Waals surface area (Å²) in [5.41, 5.74) is 0. The molecule has 0 radical (unpaired) electrons. The lowest BCUT2D eigenvalue weighted by atomic mass is 9.69. The molecular weight excluding hydrogens is 280 g/mol. The Bertz CT molecular complexity index is 432. The fourth-order valence-corrected chi connectivity index (χ4v) is 3.18. The zero-order chi connectivity index (χ0) is 17.0. The Hall–Kier alpha value is -1.39. The molecule has 126 valence electrons. The lowest BCUT2D eigenvalue weighted by molar-refractivity contribution is -0.144. The molecule has 0 bridgehead atoms. The summed E-state index contributed by atoms with van der Waals surface area (Å²) in [5.74, 6) is -0.0791. The number of ketones is 1. The molecule has 1 rings (SSSR count). The zero-order valence-electron chi connectivity index (χ0n) is 14.8. The van der Waals surface area contributed by atoms with E-state index in [9.17, 15) is 14.4 Å². The standard InChI is InChI=1S/C17H30N2O3/c1-11-7-8-13(16(21)12(11)2)14(17(22)19(5)6)9-10-15(20)18(3)4/h11-14H,7-10H2,1-6H3. The summed E-state index contributed by atoms with van der Waals surface area (Å²) in [6.45, 7) is 4.05. The Balaban J connectivity index is 2.88. The molecule has 0 aromatic heterocycles. The largest absolute Gasteiger partial charge is 0.349 e. The topological polar surface area (TPSA) is 57.7 Å². The van der Waals surface area contributed by atoms with E-state index in [0.717, 1.165) is 12.8 Å². The van der Waals surface area contributed by atoms with E-state index in [0.29, 0.717) is 18.8 Å². The number of Topliss-reactive ketones (excluding diaryl/α,β-unsaturated/α-hetero) is 1. The highest BCUT2D eigenvalue weighted by Crippen LogP contribution is 2.36. The maximum absolute atomic E-state index is 12.6. The summed E-state index contributed by atoms with van der Waals surface area (Å²) in [6.07, 6.45) is 2.48. The van der Waals surface area contributed by atoms with Crippen LogP contribution >= 0.6 is 0 Å². The second kappa shape index (κ2) is 7.75. The lowest BCUT2D eigenvalue weighted by Crippen LogP contribution is -2.43. The van der Waals surface area contributed by atoms with E-state index in [2.05, 4.69) is 6.92 Å². The molecule has 22 heavy (non-hydrogen) atoms. The van der Waals surface area contributed by atoms with Gasteiger partial charge in [-0.15, -0.1) is 0 Å². The molecule has 4 atom stereocenters. The molecule has 1 saturated carbocycles. The molecule has 0 heterocycles. The van der Waals surface area contributed by atoms with Gasteiger partial charge in [-0.3, -0.25) is 14.4 Å². The van der Waals surface area contributed by atoms with Crippen LogP contribution in [0, 0.1) is 23.7 Å². The van der Waals surface area contributed by atoms with Crippen molar-refractivity contribution in [1.29, 1.82) is 0 Å². The molecule has 0 aromatic carbocycles. The number of hydrogen-bond donors (Lipinski definition) is 0. The first-order chi connectivity index (χ1) is 10.2. The van der Waals surface area contributed by atoms with Gasteiger partial charge in [0.2, 0.25) is 11.8 Å². The summed E-state index contributed by atoms with van der Waals surface area (Å²) in [6, 6.07) is 0. The van der Waals surface area contributed by atoms with Crippen molar-refractivity contribution in [2.24, 2.45) is 23.7 Å². The van der Waals surface area contributed by atoms with E-state index in [1.54, 1.807) is 33.1 Å². The number of carbonyl (C=O) groups excluding carboxylic acids is 3. The number of carbonyl (C=O) groups is 3. The first-order valence-corrected chi connectivity index (χ1v) is 8.11. The van der Waals surface area contributed by atoms with Crippen molar-refractivity contribution in [3.8, 4) is 0 Å². The highest BCUT2D eigenvalue weighted by atomic mass is 16.2. The van der Waals surface area contributed by atoms with Crippen LogP contribution in [0.1, 0.15) is 39.5 Å². The average molecular weight is 310 g/mol. The molecule has 0 aliphatic heterocycles. The maximum Gasteiger partial charge on any atom is 0.225 e. The molecule has 1 aliphatic rings. The van der Waals surface area contributed by atoms with Crippen LogP contribution in [0.25, 0.3) is 0 Å². The third-order valence-electron chi connectivity index (χ3n) is 5.01. The molecule has 0 N–H and O–H groups in total. The summed E-state index contributed by atoms with van der Waals surface area (Å²) in [7, 11) is 6.84. The highest BCUT2D eigenvalue weighted by molar-refractivity contribution is 5.90. The predicted molar refractivity (Wildman–Crippen MR) is 86.2 cm³/mol. The summed E-state index contributed by atoms with van der Waals surface area (Å²) in [4.78, 5) is 40.0. The Labute approximate surface area is 134 Å². The van der Waals surface area contributed by atoms with Gasteiger partial charge in [0.15, 0.2) is 0 Å². The SMILES string of the molecule is CC1CCC(C(CCC(=O)N(C)C)C(=O)N(C)C)C(=O)C1C. The number of amides is 2. The zero-order valence-corrected chi connectivity index (χ0v) is 14.8. The molecule has 4 unspecified atom stereocenters. The van der Waals surface area contributed by atoms with Crippen molar-refractivity contribution < 1.29 is 14.4 Å². The van der Waals surface area contributed by atoms with Gasteiger partial charge in [0, 0.05) is 52.4 Å². The fourth-order valence-electron chi connectivity index (χ4n) is 3.18. The van der Waals surface area contributed by atoms with Crippen molar-refractivity contribution in [2.75, 3.05) is 28.2 Å². The highest BCUT2D eigenvalue weighted by Gasteiger charge is 2.40. The smallest absolute Gasteiger partial charge is 0.225 e. The van der Waals surface area contributed by atoms with E-state index < -0.39 is 0 Å². The molecule has 0 spiro atoms. The van der Waals surface area contributed by atoms with E-state index in [4.69, 9.17) is 0 Å². The van der Waals surface area contributed by atoms with Crippen LogP contribution in [-0.2, 0) is 14.4 Å². The molecular formula is C17H30N2O3. The summed E-state index contributed by atoms with van der Waals surface area (Å²) >= 11 is 0. The van der Waals surface area contributed by atoms with E-state index in [-0.39, 0.29) is 35.4 Å². The number of hydrogen-bond acceptors (Lipinski definition) is 3. The maximum atomic E-state index is 12.6. The quantitative estimate of drug-likeness (QED) is 0.778. The van der Waals surface area contributed by atoms with Gasteiger partial charge in [0.25, 0.3) is 0 Å². The van der Waals surface area contributed by atoms with Gasteiger partial charge >= 0.3 is 0 Å². The second-order valence-electron chi connectivity index (χ2n) is 7.02. The monoisotopic (exact) mass is 310 g/mol. The number of nitrogens with zero attached hydrogens (tertiary/aromatic N) is 2. The average Bonchev–Trinajstić information content (AvgIpc) is 2.45. The molecule has 1 aliphatic carbocycles. The normalized spacial score (nSPS) is 26.5.